The molecule has 102 valence electrons. The molecule has 1 aromatic heterocycles. The second-order valence-electron chi connectivity index (χ2n) is 4.01. The van der Waals surface area contributed by atoms with Gasteiger partial charge in [0.1, 0.15) is 10.7 Å². The lowest BCUT2D eigenvalue weighted by Gasteiger charge is -2.13. The Labute approximate surface area is 110 Å². The molecule has 2 atom stereocenters. The van der Waals surface area contributed by atoms with Crippen LogP contribution in [0.2, 0.25) is 0 Å². The minimum atomic E-state index is -3.59. The summed E-state index contributed by atoms with van der Waals surface area (Å²) in [5.41, 5.74) is 5.39. The Bertz CT molecular complexity index is 514. The number of pyridine rings is 1. The lowest BCUT2D eigenvalue weighted by molar-refractivity contribution is 0.555. The van der Waals surface area contributed by atoms with Crippen molar-refractivity contribution >= 4 is 26.6 Å². The Balaban J connectivity index is 2.70. The van der Waals surface area contributed by atoms with Crippen LogP contribution in [0.15, 0.2) is 23.2 Å². The summed E-state index contributed by atoms with van der Waals surface area (Å²) in [6, 6.07) is 2.55. The van der Waals surface area contributed by atoms with Crippen molar-refractivity contribution < 1.29 is 12.6 Å². The van der Waals surface area contributed by atoms with Crippen molar-refractivity contribution in [2.45, 2.75) is 24.3 Å². The molecule has 0 aliphatic carbocycles. The van der Waals surface area contributed by atoms with E-state index in [0.717, 1.165) is 0 Å². The highest BCUT2D eigenvalue weighted by atomic mass is 32.2. The zero-order chi connectivity index (χ0) is 13.8. The second-order valence-corrected chi connectivity index (χ2v) is 7.28. The topological polar surface area (TPSA) is 102 Å². The lowest BCUT2D eigenvalue weighted by atomic mass is 10.3. The molecule has 0 radical (unpaired) electrons. The summed E-state index contributed by atoms with van der Waals surface area (Å²) in [6.07, 6.45) is 3.32. The number of nitrogens with one attached hydrogen (secondary N) is 1. The van der Waals surface area contributed by atoms with Crippen molar-refractivity contribution in [1.82, 2.24) is 9.71 Å². The van der Waals surface area contributed by atoms with E-state index in [1.165, 1.54) is 18.3 Å². The number of hydrogen-bond acceptors (Lipinski definition) is 5. The fraction of sp³-hybridized carbons (Fsp3) is 0.500. The second kappa shape index (κ2) is 6.26. The van der Waals surface area contributed by atoms with E-state index in [2.05, 4.69) is 9.71 Å². The summed E-state index contributed by atoms with van der Waals surface area (Å²) >= 11 is 0. The van der Waals surface area contributed by atoms with Gasteiger partial charge in [-0.2, -0.15) is 0 Å². The van der Waals surface area contributed by atoms with Crippen molar-refractivity contribution in [2.24, 2.45) is 0 Å². The maximum Gasteiger partial charge on any atom is 0.242 e. The molecule has 0 fully saturated rings. The molecule has 0 aliphatic rings. The van der Waals surface area contributed by atoms with Gasteiger partial charge in [-0.05, 0) is 25.5 Å². The Morgan fingerprint density at radius 3 is 2.67 bits per heavy atom. The first-order valence-corrected chi connectivity index (χ1v) is 8.56. The van der Waals surface area contributed by atoms with E-state index in [1.807, 2.05) is 0 Å². The molecule has 3 N–H and O–H groups in total. The van der Waals surface area contributed by atoms with Gasteiger partial charge in [-0.3, -0.25) is 4.21 Å². The Kier molecular flexibility index (Phi) is 5.24. The number of rotatable bonds is 6. The Morgan fingerprint density at radius 2 is 2.17 bits per heavy atom. The van der Waals surface area contributed by atoms with Gasteiger partial charge in [0.25, 0.3) is 0 Å². The fourth-order valence-electron chi connectivity index (χ4n) is 1.29. The number of nitrogens with zero attached hydrogens (tertiary/aromatic N) is 1. The van der Waals surface area contributed by atoms with Crippen molar-refractivity contribution in [3.63, 3.8) is 0 Å². The van der Waals surface area contributed by atoms with Crippen molar-refractivity contribution in [3.8, 4) is 0 Å². The van der Waals surface area contributed by atoms with E-state index < -0.39 is 20.8 Å². The number of aromatic nitrogens is 1. The molecule has 8 heteroatoms. The molecule has 0 saturated carbocycles. The fourth-order valence-corrected chi connectivity index (χ4v) is 3.19. The van der Waals surface area contributed by atoms with Gasteiger partial charge in [0.05, 0.1) is 0 Å². The molecule has 1 heterocycles. The van der Waals surface area contributed by atoms with E-state index >= 15 is 0 Å². The smallest absolute Gasteiger partial charge is 0.242 e. The Hall–Kier alpha value is -0.990. The first kappa shape index (κ1) is 15.1. The summed E-state index contributed by atoms with van der Waals surface area (Å²) in [7, 11) is -4.52. The molecular weight excluding hydrogens is 274 g/mol. The number of nitrogens with two attached hydrogens (primary N) is 1. The number of sulfonamides is 1. The molecule has 1 rings (SSSR count). The maximum atomic E-state index is 11.9. The first-order valence-electron chi connectivity index (χ1n) is 5.35. The first-order chi connectivity index (χ1) is 8.31. The third-order valence-corrected chi connectivity index (χ3v) is 4.65. The van der Waals surface area contributed by atoms with Crippen LogP contribution in [0.25, 0.3) is 0 Å². The van der Waals surface area contributed by atoms with Gasteiger partial charge in [0.2, 0.25) is 10.0 Å². The quantitative estimate of drug-likeness (QED) is 0.774. The van der Waals surface area contributed by atoms with Crippen LogP contribution in [0.1, 0.15) is 13.3 Å². The standard InChI is InChI=1S/C10H17N3O3S2/c1-8(5-6-17(2)14)13-18(15,16)9-3-4-10(11)12-7-9/h3-4,7-8,13H,5-6H2,1-2H3,(H2,11,12). The summed E-state index contributed by atoms with van der Waals surface area (Å²) in [4.78, 5) is 3.81. The van der Waals surface area contributed by atoms with Crippen LogP contribution in [0, 0.1) is 0 Å². The van der Waals surface area contributed by atoms with Gasteiger partial charge in [0, 0.05) is 35.0 Å². The number of anilines is 1. The van der Waals surface area contributed by atoms with E-state index in [-0.39, 0.29) is 16.8 Å². The largest absolute Gasteiger partial charge is 0.384 e. The SMILES string of the molecule is CC(CCS(C)=O)NS(=O)(=O)c1ccc(N)nc1. The van der Waals surface area contributed by atoms with Crippen molar-refractivity contribution in [2.75, 3.05) is 17.7 Å². The summed E-state index contributed by atoms with van der Waals surface area (Å²) in [5, 5.41) is 0. The molecule has 6 nitrogen and oxygen atoms in total. The maximum absolute atomic E-state index is 11.9. The monoisotopic (exact) mass is 291 g/mol. The highest BCUT2D eigenvalue weighted by Gasteiger charge is 2.17. The number of nitrogen functional groups attached to an aromatic ring is 1. The molecule has 0 saturated heterocycles. The molecule has 0 aliphatic heterocycles. The van der Waals surface area contributed by atoms with Crippen molar-refractivity contribution in [1.29, 1.82) is 0 Å². The van der Waals surface area contributed by atoms with Gasteiger partial charge >= 0.3 is 0 Å². The van der Waals surface area contributed by atoms with E-state index in [4.69, 9.17) is 5.73 Å². The minimum Gasteiger partial charge on any atom is -0.384 e. The zero-order valence-electron chi connectivity index (χ0n) is 10.3. The highest BCUT2D eigenvalue weighted by Crippen LogP contribution is 2.10. The molecule has 18 heavy (non-hydrogen) atoms. The van der Waals surface area contributed by atoms with E-state index in [0.29, 0.717) is 12.2 Å². The van der Waals surface area contributed by atoms with E-state index in [1.54, 1.807) is 13.2 Å². The molecule has 0 bridgehead atoms. The predicted octanol–water partition coefficient (Wildman–Crippen LogP) is 0.0992. The molecule has 0 aromatic carbocycles. The molecule has 0 amide bonds. The van der Waals surface area contributed by atoms with Crippen LogP contribution in [-0.4, -0.2) is 35.7 Å². The minimum absolute atomic E-state index is 0.0705. The third-order valence-electron chi connectivity index (χ3n) is 2.26. The molecule has 0 spiro atoms. The van der Waals surface area contributed by atoms with Gasteiger partial charge in [-0.1, -0.05) is 0 Å². The highest BCUT2D eigenvalue weighted by molar-refractivity contribution is 7.89. The summed E-state index contributed by atoms with van der Waals surface area (Å²) in [5.74, 6) is 0.729. The Morgan fingerprint density at radius 1 is 1.50 bits per heavy atom. The van der Waals surface area contributed by atoms with Crippen LogP contribution in [0.3, 0.4) is 0 Å². The summed E-state index contributed by atoms with van der Waals surface area (Å²) < 4.78 is 37.3. The van der Waals surface area contributed by atoms with Crippen LogP contribution in [-0.2, 0) is 20.8 Å². The normalized spacial score (nSPS) is 15.2. The van der Waals surface area contributed by atoms with E-state index in [9.17, 15) is 12.6 Å². The zero-order valence-corrected chi connectivity index (χ0v) is 11.9. The van der Waals surface area contributed by atoms with Gasteiger partial charge < -0.3 is 5.73 Å². The third kappa shape index (κ3) is 4.71. The summed E-state index contributed by atoms with van der Waals surface area (Å²) in [6.45, 7) is 1.73. The van der Waals surface area contributed by atoms with Crippen LogP contribution in [0.5, 0.6) is 0 Å². The van der Waals surface area contributed by atoms with Gasteiger partial charge in [-0.25, -0.2) is 18.1 Å². The van der Waals surface area contributed by atoms with Crippen LogP contribution >= 0.6 is 0 Å². The molecule has 2 unspecified atom stereocenters. The average molecular weight is 291 g/mol. The van der Waals surface area contributed by atoms with Crippen LogP contribution < -0.4 is 10.5 Å². The predicted molar refractivity (Wildman–Crippen MR) is 72.0 cm³/mol. The average Bonchev–Trinajstić information content (AvgIpc) is 2.26. The van der Waals surface area contributed by atoms with Crippen molar-refractivity contribution in [3.05, 3.63) is 18.3 Å². The van der Waals surface area contributed by atoms with Crippen LogP contribution in [0.4, 0.5) is 5.82 Å². The molecule has 1 aromatic rings. The lowest BCUT2D eigenvalue weighted by Crippen LogP contribution is -2.33. The molecular formula is C10H17N3O3S2. The van der Waals surface area contributed by atoms with Gasteiger partial charge in [-0.15, -0.1) is 0 Å². The number of hydrogen-bond donors (Lipinski definition) is 2. The van der Waals surface area contributed by atoms with Gasteiger partial charge in [0.15, 0.2) is 0 Å².